The Morgan fingerprint density at radius 3 is 2.95 bits per heavy atom. The fourth-order valence-electron chi connectivity index (χ4n) is 2.40. The van der Waals surface area contributed by atoms with E-state index in [4.69, 9.17) is 4.74 Å². The van der Waals surface area contributed by atoms with Crippen molar-refractivity contribution in [2.45, 2.75) is 32.9 Å². The number of hydrogen-bond acceptors (Lipinski definition) is 4. The van der Waals surface area contributed by atoms with Crippen LogP contribution in [0.4, 0.5) is 0 Å². The van der Waals surface area contributed by atoms with Crippen LogP contribution in [0.3, 0.4) is 0 Å². The van der Waals surface area contributed by atoms with Crippen LogP contribution in [0.2, 0.25) is 0 Å². The lowest BCUT2D eigenvalue weighted by Gasteiger charge is -2.26. The zero-order valence-corrected chi connectivity index (χ0v) is 12.0. The minimum Gasteiger partial charge on any atom is -0.379 e. The number of aryl methyl sites for hydroxylation is 1. The zero-order valence-electron chi connectivity index (χ0n) is 12.0. The van der Waals surface area contributed by atoms with Gasteiger partial charge in [0.1, 0.15) is 5.82 Å². The number of imidazole rings is 1. The van der Waals surface area contributed by atoms with Crippen LogP contribution in [0, 0.1) is 0 Å². The molecule has 0 unspecified atom stereocenters. The van der Waals surface area contributed by atoms with Crippen molar-refractivity contribution in [2.75, 3.05) is 39.4 Å². The second kappa shape index (κ2) is 8.30. The first-order valence-corrected chi connectivity index (χ1v) is 7.41. The maximum Gasteiger partial charge on any atom is 0.122 e. The third-order valence-corrected chi connectivity index (χ3v) is 3.48. The van der Waals surface area contributed by atoms with Gasteiger partial charge >= 0.3 is 0 Å². The van der Waals surface area contributed by atoms with E-state index in [0.29, 0.717) is 0 Å². The van der Waals surface area contributed by atoms with Crippen LogP contribution in [0.15, 0.2) is 12.4 Å². The van der Waals surface area contributed by atoms with Crippen molar-refractivity contribution in [3.05, 3.63) is 18.2 Å². The van der Waals surface area contributed by atoms with Gasteiger partial charge in [-0.15, -0.1) is 0 Å². The first-order chi connectivity index (χ1) is 9.40. The molecule has 1 saturated heterocycles. The molecule has 19 heavy (non-hydrogen) atoms. The van der Waals surface area contributed by atoms with E-state index in [1.165, 1.54) is 13.0 Å². The number of rotatable bonds is 8. The Morgan fingerprint density at radius 2 is 2.16 bits per heavy atom. The molecule has 2 heterocycles. The summed E-state index contributed by atoms with van der Waals surface area (Å²) in [7, 11) is 0. The van der Waals surface area contributed by atoms with Crippen LogP contribution < -0.4 is 5.32 Å². The Kier molecular flexibility index (Phi) is 6.33. The van der Waals surface area contributed by atoms with E-state index < -0.39 is 0 Å². The molecular formula is C14H26N4O. The van der Waals surface area contributed by atoms with E-state index in [9.17, 15) is 0 Å². The number of nitrogens with zero attached hydrogens (tertiary/aromatic N) is 3. The van der Waals surface area contributed by atoms with Gasteiger partial charge in [-0.05, 0) is 25.9 Å². The highest BCUT2D eigenvalue weighted by Crippen LogP contribution is 2.00. The first kappa shape index (κ1) is 14.5. The standard InChI is InChI=1S/C14H26N4O/c1-2-6-18-8-5-16-14(18)13-15-4-3-7-17-9-11-19-12-10-17/h5,8,15H,2-4,6-7,9-13H2,1H3. The van der Waals surface area contributed by atoms with E-state index in [2.05, 4.69) is 32.9 Å². The van der Waals surface area contributed by atoms with Crippen molar-refractivity contribution in [3.63, 3.8) is 0 Å². The highest BCUT2D eigenvalue weighted by atomic mass is 16.5. The summed E-state index contributed by atoms with van der Waals surface area (Å²) in [6.45, 7) is 10.3. The Labute approximate surface area is 116 Å². The Morgan fingerprint density at radius 1 is 1.32 bits per heavy atom. The van der Waals surface area contributed by atoms with Gasteiger partial charge in [-0.25, -0.2) is 4.98 Å². The molecule has 2 rings (SSSR count). The third-order valence-electron chi connectivity index (χ3n) is 3.48. The van der Waals surface area contributed by atoms with Gasteiger partial charge < -0.3 is 14.6 Å². The molecule has 0 saturated carbocycles. The minimum atomic E-state index is 0.871. The van der Waals surface area contributed by atoms with Crippen LogP contribution in [0.5, 0.6) is 0 Å². The van der Waals surface area contributed by atoms with E-state index in [1.807, 2.05) is 6.20 Å². The van der Waals surface area contributed by atoms with Crippen molar-refractivity contribution in [1.82, 2.24) is 19.8 Å². The number of aromatic nitrogens is 2. The molecule has 1 aliphatic heterocycles. The average molecular weight is 266 g/mol. The molecular weight excluding hydrogens is 240 g/mol. The summed E-state index contributed by atoms with van der Waals surface area (Å²) < 4.78 is 7.58. The molecule has 0 aliphatic carbocycles. The highest BCUT2D eigenvalue weighted by molar-refractivity contribution is 4.91. The van der Waals surface area contributed by atoms with Crippen molar-refractivity contribution < 1.29 is 4.74 Å². The fourth-order valence-corrected chi connectivity index (χ4v) is 2.40. The summed E-state index contributed by atoms with van der Waals surface area (Å²) in [6.07, 6.45) is 6.30. The summed E-state index contributed by atoms with van der Waals surface area (Å²) in [5, 5.41) is 3.48. The van der Waals surface area contributed by atoms with E-state index in [1.54, 1.807) is 0 Å². The molecule has 0 bridgehead atoms. The van der Waals surface area contributed by atoms with E-state index in [-0.39, 0.29) is 0 Å². The summed E-state index contributed by atoms with van der Waals surface area (Å²) >= 11 is 0. The largest absolute Gasteiger partial charge is 0.379 e. The molecule has 0 atom stereocenters. The van der Waals surface area contributed by atoms with Crippen LogP contribution in [0.1, 0.15) is 25.6 Å². The lowest BCUT2D eigenvalue weighted by Crippen LogP contribution is -2.37. The van der Waals surface area contributed by atoms with Crippen LogP contribution >= 0.6 is 0 Å². The predicted molar refractivity (Wildman–Crippen MR) is 76.1 cm³/mol. The van der Waals surface area contributed by atoms with E-state index >= 15 is 0 Å². The first-order valence-electron chi connectivity index (χ1n) is 7.41. The van der Waals surface area contributed by atoms with Crippen molar-refractivity contribution in [1.29, 1.82) is 0 Å². The molecule has 0 radical (unpaired) electrons. The van der Waals surface area contributed by atoms with Gasteiger partial charge in [0.25, 0.3) is 0 Å². The fraction of sp³-hybridized carbons (Fsp3) is 0.786. The topological polar surface area (TPSA) is 42.3 Å². The summed E-state index contributed by atoms with van der Waals surface area (Å²) in [6, 6.07) is 0. The molecule has 1 aromatic rings. The Bertz CT molecular complexity index is 347. The molecule has 0 aromatic carbocycles. The number of hydrogen-bond donors (Lipinski definition) is 1. The minimum absolute atomic E-state index is 0.871. The number of morpholine rings is 1. The molecule has 1 fully saturated rings. The van der Waals surface area contributed by atoms with E-state index in [0.717, 1.165) is 58.2 Å². The maximum atomic E-state index is 5.34. The smallest absolute Gasteiger partial charge is 0.122 e. The molecule has 0 spiro atoms. The summed E-state index contributed by atoms with van der Waals surface area (Å²) in [5.41, 5.74) is 0. The normalized spacial score (nSPS) is 16.9. The van der Waals surface area contributed by atoms with Crippen LogP contribution in [-0.4, -0.2) is 53.8 Å². The highest BCUT2D eigenvalue weighted by Gasteiger charge is 2.09. The number of nitrogens with one attached hydrogen (secondary N) is 1. The van der Waals surface area contributed by atoms with Gasteiger partial charge in [-0.3, -0.25) is 4.90 Å². The van der Waals surface area contributed by atoms with Crippen molar-refractivity contribution >= 4 is 0 Å². The lowest BCUT2D eigenvalue weighted by atomic mass is 10.3. The molecule has 0 amide bonds. The van der Waals surface area contributed by atoms with Gasteiger partial charge in [0.15, 0.2) is 0 Å². The zero-order chi connectivity index (χ0) is 13.3. The number of ether oxygens (including phenoxy) is 1. The Balaban J connectivity index is 1.57. The molecule has 1 N–H and O–H groups in total. The van der Waals surface area contributed by atoms with Gasteiger partial charge in [0, 0.05) is 32.0 Å². The SMILES string of the molecule is CCCn1ccnc1CNCCCN1CCOCC1. The monoisotopic (exact) mass is 266 g/mol. The third kappa shape index (κ3) is 4.93. The molecule has 1 aromatic heterocycles. The molecule has 1 aliphatic rings. The Hall–Kier alpha value is -0.910. The summed E-state index contributed by atoms with van der Waals surface area (Å²) in [4.78, 5) is 6.87. The van der Waals surface area contributed by atoms with Crippen LogP contribution in [-0.2, 0) is 17.8 Å². The molecule has 5 nitrogen and oxygen atoms in total. The quantitative estimate of drug-likeness (QED) is 0.716. The average Bonchev–Trinajstić information content (AvgIpc) is 2.88. The maximum absolute atomic E-state index is 5.34. The summed E-state index contributed by atoms with van der Waals surface area (Å²) in [5.74, 6) is 1.15. The van der Waals surface area contributed by atoms with Gasteiger partial charge in [-0.1, -0.05) is 6.92 Å². The van der Waals surface area contributed by atoms with Gasteiger partial charge in [-0.2, -0.15) is 0 Å². The van der Waals surface area contributed by atoms with Crippen LogP contribution in [0.25, 0.3) is 0 Å². The second-order valence-electron chi connectivity index (χ2n) is 5.02. The van der Waals surface area contributed by atoms with Crippen molar-refractivity contribution in [2.24, 2.45) is 0 Å². The molecule has 108 valence electrons. The lowest BCUT2D eigenvalue weighted by molar-refractivity contribution is 0.0374. The predicted octanol–water partition coefficient (Wildman–Crippen LogP) is 1.10. The van der Waals surface area contributed by atoms with Crippen molar-refractivity contribution in [3.8, 4) is 0 Å². The van der Waals surface area contributed by atoms with Gasteiger partial charge in [0.2, 0.25) is 0 Å². The second-order valence-corrected chi connectivity index (χ2v) is 5.02. The molecule has 5 heteroatoms. The van der Waals surface area contributed by atoms with Gasteiger partial charge in [0.05, 0.1) is 19.8 Å².